The van der Waals surface area contributed by atoms with Gasteiger partial charge in [0.1, 0.15) is 0 Å². The van der Waals surface area contributed by atoms with Gasteiger partial charge in [-0.25, -0.2) is 15.0 Å². The van der Waals surface area contributed by atoms with Crippen molar-refractivity contribution >= 4 is 53.2 Å². The Hall–Kier alpha value is -6.49. The second kappa shape index (κ2) is 12.1. The van der Waals surface area contributed by atoms with E-state index >= 15 is 0 Å². The molecule has 0 bridgehead atoms. The van der Waals surface area contributed by atoms with Gasteiger partial charge in [0.25, 0.3) is 0 Å². The van der Waals surface area contributed by atoms with Gasteiger partial charge in [-0.1, -0.05) is 127 Å². The third-order valence-corrected chi connectivity index (χ3v) is 10.8. The van der Waals surface area contributed by atoms with Crippen molar-refractivity contribution in [1.29, 1.82) is 0 Å². The fraction of sp³-hybridized carbons (Fsp3) is 0. The van der Waals surface area contributed by atoms with Crippen LogP contribution < -0.4 is 0 Å². The van der Waals surface area contributed by atoms with Crippen molar-refractivity contribution in [3.63, 3.8) is 0 Å². The molecule has 238 valence electrons. The van der Waals surface area contributed by atoms with E-state index in [2.05, 4.69) is 152 Å². The lowest BCUT2D eigenvalue weighted by atomic mass is 9.95. The largest absolute Gasteiger partial charge is 0.248 e. The molecule has 51 heavy (non-hydrogen) atoms. The second-order valence-corrected chi connectivity index (χ2v) is 13.9. The maximum atomic E-state index is 5.26. The number of hydrogen-bond donors (Lipinski definition) is 0. The fourth-order valence-electron chi connectivity index (χ4n) is 7.09. The molecule has 0 aliphatic heterocycles. The molecule has 10 rings (SSSR count). The molecule has 10 aromatic rings. The zero-order valence-electron chi connectivity index (χ0n) is 27.5. The van der Waals surface area contributed by atoms with Gasteiger partial charge >= 0.3 is 0 Å². The molecule has 0 atom stereocenters. The van der Waals surface area contributed by atoms with Crippen molar-refractivity contribution in [2.45, 2.75) is 0 Å². The van der Waals surface area contributed by atoms with Crippen molar-refractivity contribution in [1.82, 2.24) is 15.0 Å². The average Bonchev–Trinajstić information content (AvgIpc) is 3.59. The van der Waals surface area contributed by atoms with Gasteiger partial charge in [-0.2, -0.15) is 0 Å². The van der Waals surface area contributed by atoms with Crippen LogP contribution in [-0.2, 0) is 0 Å². The van der Waals surface area contributed by atoms with E-state index in [4.69, 9.17) is 15.0 Å². The minimum absolute atomic E-state index is 0.696. The fourth-order valence-corrected chi connectivity index (χ4v) is 8.33. The van der Waals surface area contributed by atoms with Crippen LogP contribution in [0.1, 0.15) is 0 Å². The van der Waals surface area contributed by atoms with Gasteiger partial charge in [0.05, 0.1) is 22.6 Å². The SMILES string of the molecule is c1ccc(-c2cc(-c3cc(-c4ccc5cc6ccccc6cc5n4)cc(-c4cccc5c4sc4ccccc45)c3)nc(-c3ccccc3)n2)cc1. The standard InChI is InChI=1S/C47H29N3S/c1-3-12-30(13-4-1)43-29-44(50-47(49-43)31-14-5-2-6-15-31)37-26-35(38-19-11-20-40-39-18-9-10-21-45(39)51-46(38)40)25-36(27-37)41-23-22-34-24-32-16-7-8-17-33(32)28-42(34)48-41/h1-29H. The van der Waals surface area contributed by atoms with Gasteiger partial charge in [0.2, 0.25) is 0 Å². The first-order valence-corrected chi connectivity index (χ1v) is 17.9. The topological polar surface area (TPSA) is 38.7 Å². The highest BCUT2D eigenvalue weighted by atomic mass is 32.1. The van der Waals surface area contributed by atoms with Crippen molar-refractivity contribution in [3.05, 3.63) is 176 Å². The molecule has 0 unspecified atom stereocenters. The Morgan fingerprint density at radius 2 is 0.980 bits per heavy atom. The maximum absolute atomic E-state index is 5.26. The summed E-state index contributed by atoms with van der Waals surface area (Å²) in [6.45, 7) is 0. The first-order chi connectivity index (χ1) is 25.2. The van der Waals surface area contributed by atoms with E-state index < -0.39 is 0 Å². The number of aromatic nitrogens is 3. The molecule has 7 aromatic carbocycles. The summed E-state index contributed by atoms with van der Waals surface area (Å²) in [5.41, 5.74) is 10.0. The summed E-state index contributed by atoms with van der Waals surface area (Å²) in [6, 6.07) is 62.1. The van der Waals surface area contributed by atoms with Crippen molar-refractivity contribution in [3.8, 4) is 56.3 Å². The van der Waals surface area contributed by atoms with Crippen molar-refractivity contribution < 1.29 is 0 Å². The summed E-state index contributed by atoms with van der Waals surface area (Å²) in [5.74, 6) is 0.696. The molecule has 0 saturated carbocycles. The number of pyridine rings is 1. The van der Waals surface area contributed by atoms with Gasteiger partial charge in [-0.05, 0) is 70.4 Å². The highest BCUT2D eigenvalue weighted by Crippen LogP contribution is 2.42. The van der Waals surface area contributed by atoms with E-state index in [0.29, 0.717) is 5.82 Å². The van der Waals surface area contributed by atoms with E-state index in [9.17, 15) is 0 Å². The molecule has 0 spiro atoms. The summed E-state index contributed by atoms with van der Waals surface area (Å²) in [7, 11) is 0. The monoisotopic (exact) mass is 667 g/mol. The molecule has 0 fully saturated rings. The Balaban J connectivity index is 1.23. The molecule has 3 nitrogen and oxygen atoms in total. The van der Waals surface area contributed by atoms with Crippen LogP contribution in [0.25, 0.3) is 98.1 Å². The zero-order chi connectivity index (χ0) is 33.7. The smallest absolute Gasteiger partial charge is 0.160 e. The first-order valence-electron chi connectivity index (χ1n) is 17.1. The van der Waals surface area contributed by atoms with E-state index in [0.717, 1.165) is 55.8 Å². The number of nitrogens with zero attached hydrogens (tertiary/aromatic N) is 3. The average molecular weight is 668 g/mol. The summed E-state index contributed by atoms with van der Waals surface area (Å²) in [5, 5.41) is 6.08. The number of thiophene rings is 1. The van der Waals surface area contributed by atoms with Crippen LogP contribution in [0.3, 0.4) is 0 Å². The third kappa shape index (κ3) is 5.34. The van der Waals surface area contributed by atoms with Crippen LogP contribution in [0.4, 0.5) is 0 Å². The van der Waals surface area contributed by atoms with Crippen LogP contribution in [0.15, 0.2) is 176 Å². The summed E-state index contributed by atoms with van der Waals surface area (Å²) in [4.78, 5) is 15.5. The molecule has 0 amide bonds. The molecule has 4 heteroatoms. The summed E-state index contributed by atoms with van der Waals surface area (Å²) < 4.78 is 2.56. The van der Waals surface area contributed by atoms with E-state index in [1.54, 1.807) is 0 Å². The first kappa shape index (κ1) is 29.4. The van der Waals surface area contributed by atoms with Crippen LogP contribution in [0, 0.1) is 0 Å². The predicted molar refractivity (Wildman–Crippen MR) is 215 cm³/mol. The summed E-state index contributed by atoms with van der Waals surface area (Å²) in [6.07, 6.45) is 0. The zero-order valence-corrected chi connectivity index (χ0v) is 28.3. The Bertz CT molecular complexity index is 2860. The molecule has 3 aromatic heterocycles. The molecule has 0 aliphatic rings. The number of hydrogen-bond acceptors (Lipinski definition) is 4. The quantitative estimate of drug-likeness (QED) is 0.171. The second-order valence-electron chi connectivity index (χ2n) is 12.9. The van der Waals surface area contributed by atoms with Gasteiger partial charge in [-0.3, -0.25) is 0 Å². The molecule has 3 heterocycles. The van der Waals surface area contributed by atoms with Gasteiger partial charge in [0, 0.05) is 47.8 Å². The molecule has 0 saturated heterocycles. The Kier molecular flexibility index (Phi) is 7.00. The Morgan fingerprint density at radius 1 is 0.353 bits per heavy atom. The van der Waals surface area contributed by atoms with Gasteiger partial charge in [-0.15, -0.1) is 11.3 Å². The molecule has 0 radical (unpaired) electrons. The van der Waals surface area contributed by atoms with E-state index in [1.165, 1.54) is 36.5 Å². The number of fused-ring (bicyclic) bond motifs is 5. The highest BCUT2D eigenvalue weighted by molar-refractivity contribution is 7.26. The minimum atomic E-state index is 0.696. The van der Waals surface area contributed by atoms with Crippen LogP contribution in [-0.4, -0.2) is 15.0 Å². The van der Waals surface area contributed by atoms with E-state index in [1.807, 2.05) is 35.6 Å². The van der Waals surface area contributed by atoms with Crippen molar-refractivity contribution in [2.24, 2.45) is 0 Å². The predicted octanol–water partition coefficient (Wildman–Crippen LogP) is 12.9. The molecule has 0 N–H and O–H groups in total. The normalized spacial score (nSPS) is 11.5. The van der Waals surface area contributed by atoms with Gasteiger partial charge in [0.15, 0.2) is 5.82 Å². The lowest BCUT2D eigenvalue weighted by Crippen LogP contribution is -1.97. The van der Waals surface area contributed by atoms with Gasteiger partial charge < -0.3 is 0 Å². The van der Waals surface area contributed by atoms with Crippen LogP contribution in [0.5, 0.6) is 0 Å². The van der Waals surface area contributed by atoms with Crippen molar-refractivity contribution in [2.75, 3.05) is 0 Å². The molecular formula is C47H29N3S. The van der Waals surface area contributed by atoms with Crippen LogP contribution >= 0.6 is 11.3 Å². The summed E-state index contributed by atoms with van der Waals surface area (Å²) >= 11 is 1.85. The van der Waals surface area contributed by atoms with Crippen LogP contribution in [0.2, 0.25) is 0 Å². The molecule has 0 aliphatic carbocycles. The minimum Gasteiger partial charge on any atom is -0.248 e. The van der Waals surface area contributed by atoms with E-state index in [-0.39, 0.29) is 0 Å². The Labute approximate surface area is 299 Å². The number of benzene rings is 7. The lowest BCUT2D eigenvalue weighted by Gasteiger charge is -2.14. The third-order valence-electron chi connectivity index (χ3n) is 9.62. The maximum Gasteiger partial charge on any atom is 0.160 e. The lowest BCUT2D eigenvalue weighted by molar-refractivity contribution is 1.18. The Morgan fingerprint density at radius 3 is 1.78 bits per heavy atom. The highest BCUT2D eigenvalue weighted by Gasteiger charge is 2.16. The number of rotatable bonds is 5. The molecular weight excluding hydrogens is 639 g/mol.